The molecule has 2 heteroatoms. The van der Waals surface area contributed by atoms with Gasteiger partial charge in [0.25, 0.3) is 0 Å². The minimum atomic E-state index is 0.135. The van der Waals surface area contributed by atoms with Crippen molar-refractivity contribution in [1.29, 1.82) is 0 Å². The fourth-order valence-electron chi connectivity index (χ4n) is 3.62. The molecule has 1 aliphatic heterocycles. The van der Waals surface area contributed by atoms with Gasteiger partial charge in [-0.25, -0.2) is 0 Å². The fraction of sp³-hybridized carbons (Fsp3) is 1.00. The van der Waals surface area contributed by atoms with E-state index < -0.39 is 0 Å². The van der Waals surface area contributed by atoms with E-state index in [0.29, 0.717) is 0 Å². The first-order valence-corrected chi connectivity index (χ1v) is 7.14. The number of nitrogens with zero attached hydrogens (tertiary/aromatic N) is 1. The smallest absolute Gasteiger partial charge is 0.0283 e. The van der Waals surface area contributed by atoms with Crippen molar-refractivity contribution in [2.75, 3.05) is 13.1 Å². The molecule has 1 saturated carbocycles. The second kappa shape index (κ2) is 5.05. The summed E-state index contributed by atoms with van der Waals surface area (Å²) in [4.78, 5) is 2.68. The van der Waals surface area contributed by atoms with Gasteiger partial charge in [-0.3, -0.25) is 4.90 Å². The summed E-state index contributed by atoms with van der Waals surface area (Å²) in [6.45, 7) is 7.14. The Morgan fingerprint density at radius 2 is 1.88 bits per heavy atom. The zero-order valence-electron chi connectivity index (χ0n) is 11.0. The second-order valence-corrected chi connectivity index (χ2v) is 6.35. The summed E-state index contributed by atoms with van der Waals surface area (Å²) in [6, 6.07) is 0.794. The van der Waals surface area contributed by atoms with Crippen LogP contribution in [0, 0.1) is 5.92 Å². The molecule has 1 aliphatic carbocycles. The van der Waals surface area contributed by atoms with E-state index in [-0.39, 0.29) is 5.54 Å². The van der Waals surface area contributed by atoms with Crippen LogP contribution in [0.25, 0.3) is 0 Å². The van der Waals surface area contributed by atoms with E-state index in [9.17, 15) is 0 Å². The lowest BCUT2D eigenvalue weighted by Gasteiger charge is -2.39. The van der Waals surface area contributed by atoms with Crippen molar-refractivity contribution in [2.45, 2.75) is 70.4 Å². The highest BCUT2D eigenvalue weighted by Crippen LogP contribution is 2.31. The monoisotopic (exact) mass is 224 g/mol. The molecule has 1 saturated heterocycles. The molecule has 2 N–H and O–H groups in total. The Hall–Kier alpha value is -0.0800. The molecule has 0 radical (unpaired) electrons. The van der Waals surface area contributed by atoms with Crippen LogP contribution in [-0.2, 0) is 0 Å². The molecule has 0 bridgehead atoms. The van der Waals surface area contributed by atoms with Gasteiger partial charge in [0.05, 0.1) is 0 Å². The van der Waals surface area contributed by atoms with Crippen LogP contribution in [0.2, 0.25) is 0 Å². The van der Waals surface area contributed by atoms with Crippen molar-refractivity contribution < 1.29 is 0 Å². The van der Waals surface area contributed by atoms with Crippen LogP contribution in [0.4, 0.5) is 0 Å². The van der Waals surface area contributed by atoms with Crippen molar-refractivity contribution in [3.63, 3.8) is 0 Å². The molecule has 0 amide bonds. The third-order valence-electron chi connectivity index (χ3n) is 4.55. The highest BCUT2D eigenvalue weighted by molar-refractivity contribution is 4.94. The maximum absolute atomic E-state index is 6.56. The summed E-state index contributed by atoms with van der Waals surface area (Å²) in [5.74, 6) is 0.787. The molecule has 1 heterocycles. The molecule has 1 atom stereocenters. The molecule has 1 unspecified atom stereocenters. The number of hydrogen-bond donors (Lipinski definition) is 1. The number of rotatable bonds is 3. The zero-order chi connectivity index (χ0) is 11.6. The van der Waals surface area contributed by atoms with Gasteiger partial charge in [0.15, 0.2) is 0 Å². The minimum absolute atomic E-state index is 0.135. The second-order valence-electron chi connectivity index (χ2n) is 6.35. The summed E-state index contributed by atoms with van der Waals surface area (Å²) in [5, 5.41) is 0. The topological polar surface area (TPSA) is 29.3 Å². The predicted octanol–water partition coefficient (Wildman–Crippen LogP) is 2.77. The van der Waals surface area contributed by atoms with Crippen LogP contribution in [0.15, 0.2) is 0 Å². The van der Waals surface area contributed by atoms with Crippen molar-refractivity contribution in [2.24, 2.45) is 11.7 Å². The van der Waals surface area contributed by atoms with Gasteiger partial charge in [-0.15, -0.1) is 0 Å². The van der Waals surface area contributed by atoms with Gasteiger partial charge >= 0.3 is 0 Å². The normalized spacial score (nSPS) is 31.1. The summed E-state index contributed by atoms with van der Waals surface area (Å²) in [6.07, 6.45) is 9.33. The first-order valence-electron chi connectivity index (χ1n) is 7.14. The molecule has 2 nitrogen and oxygen atoms in total. The van der Waals surface area contributed by atoms with Crippen LogP contribution in [0.5, 0.6) is 0 Å². The van der Waals surface area contributed by atoms with Crippen LogP contribution >= 0.6 is 0 Å². The summed E-state index contributed by atoms with van der Waals surface area (Å²) in [5.41, 5.74) is 6.69. The average Bonchev–Trinajstić information content (AvgIpc) is 2.66. The van der Waals surface area contributed by atoms with Gasteiger partial charge in [0.1, 0.15) is 0 Å². The molecular weight excluding hydrogens is 196 g/mol. The largest absolute Gasteiger partial charge is 0.324 e. The zero-order valence-corrected chi connectivity index (χ0v) is 11.0. The van der Waals surface area contributed by atoms with E-state index in [2.05, 4.69) is 18.7 Å². The minimum Gasteiger partial charge on any atom is -0.324 e. The van der Waals surface area contributed by atoms with Crippen LogP contribution in [-0.4, -0.2) is 29.6 Å². The lowest BCUT2D eigenvalue weighted by Crippen LogP contribution is -2.53. The Balaban J connectivity index is 1.92. The Kier molecular flexibility index (Phi) is 3.91. The summed E-state index contributed by atoms with van der Waals surface area (Å²) >= 11 is 0. The predicted molar refractivity (Wildman–Crippen MR) is 69.4 cm³/mol. The van der Waals surface area contributed by atoms with Gasteiger partial charge < -0.3 is 5.73 Å². The van der Waals surface area contributed by atoms with Crippen molar-refractivity contribution >= 4 is 0 Å². The van der Waals surface area contributed by atoms with Gasteiger partial charge in [-0.1, -0.05) is 33.1 Å². The van der Waals surface area contributed by atoms with Gasteiger partial charge in [-0.2, -0.15) is 0 Å². The first kappa shape index (κ1) is 12.4. The van der Waals surface area contributed by atoms with E-state index in [4.69, 9.17) is 5.73 Å². The fourth-order valence-corrected chi connectivity index (χ4v) is 3.62. The highest BCUT2D eigenvalue weighted by atomic mass is 15.2. The average molecular weight is 224 g/mol. The molecule has 2 rings (SSSR count). The van der Waals surface area contributed by atoms with E-state index in [0.717, 1.165) is 18.5 Å². The molecule has 2 aliphatic rings. The number of hydrogen-bond acceptors (Lipinski definition) is 2. The first-order chi connectivity index (χ1) is 7.61. The molecular formula is C14H28N2. The van der Waals surface area contributed by atoms with Gasteiger partial charge in [0.2, 0.25) is 0 Å². The van der Waals surface area contributed by atoms with Crippen LogP contribution in [0.3, 0.4) is 0 Å². The molecule has 0 aromatic heterocycles. The molecule has 16 heavy (non-hydrogen) atoms. The Bertz CT molecular complexity index is 219. The lowest BCUT2D eigenvalue weighted by atomic mass is 9.82. The van der Waals surface area contributed by atoms with E-state index in [1.807, 2.05) is 0 Å². The molecule has 94 valence electrons. The third kappa shape index (κ3) is 2.78. The van der Waals surface area contributed by atoms with E-state index >= 15 is 0 Å². The van der Waals surface area contributed by atoms with Crippen LogP contribution in [0.1, 0.15) is 58.8 Å². The van der Waals surface area contributed by atoms with Crippen molar-refractivity contribution in [3.8, 4) is 0 Å². The Morgan fingerprint density at radius 3 is 2.50 bits per heavy atom. The van der Waals surface area contributed by atoms with E-state index in [1.165, 1.54) is 51.5 Å². The highest BCUT2D eigenvalue weighted by Gasteiger charge is 2.35. The lowest BCUT2D eigenvalue weighted by molar-refractivity contribution is 0.138. The Morgan fingerprint density at radius 1 is 1.19 bits per heavy atom. The molecule has 0 spiro atoms. The van der Waals surface area contributed by atoms with Crippen molar-refractivity contribution in [3.05, 3.63) is 0 Å². The molecule has 0 aromatic carbocycles. The molecule has 0 aromatic rings. The van der Waals surface area contributed by atoms with Gasteiger partial charge in [-0.05, 0) is 38.1 Å². The van der Waals surface area contributed by atoms with E-state index in [1.54, 1.807) is 0 Å². The molecule has 2 fully saturated rings. The van der Waals surface area contributed by atoms with Crippen LogP contribution < -0.4 is 5.73 Å². The SMILES string of the molecule is CC(C)C1CCCN1CC1(N)CCCCC1. The van der Waals surface area contributed by atoms with Crippen molar-refractivity contribution in [1.82, 2.24) is 4.90 Å². The number of nitrogens with two attached hydrogens (primary N) is 1. The quantitative estimate of drug-likeness (QED) is 0.798. The third-order valence-corrected chi connectivity index (χ3v) is 4.55. The number of likely N-dealkylation sites (tertiary alicyclic amines) is 1. The summed E-state index contributed by atoms with van der Waals surface area (Å²) < 4.78 is 0. The van der Waals surface area contributed by atoms with Gasteiger partial charge in [0, 0.05) is 18.1 Å². The standard InChI is InChI=1S/C14H28N2/c1-12(2)13-7-6-10-16(13)11-14(15)8-4-3-5-9-14/h12-13H,3-11,15H2,1-2H3. The Labute approximate surface area is 101 Å². The maximum Gasteiger partial charge on any atom is 0.0283 e. The summed E-state index contributed by atoms with van der Waals surface area (Å²) in [7, 11) is 0. The maximum atomic E-state index is 6.56.